The van der Waals surface area contributed by atoms with Gasteiger partial charge in [0.25, 0.3) is 0 Å². The normalized spacial score (nSPS) is 13.3. The summed E-state index contributed by atoms with van der Waals surface area (Å²) in [7, 11) is -4.35. The second-order valence-electron chi connectivity index (χ2n) is 3.27. The lowest BCUT2D eigenvalue weighted by atomic mass is 10.3. The molecule has 0 aliphatic rings. The molecule has 0 aliphatic carbocycles. The fraction of sp³-hybridized carbons (Fsp3) is 0.222. The molecular formula is C9H9F2NO5S. The molecule has 100 valence electrons. The lowest BCUT2D eigenvalue weighted by molar-refractivity contribution is -0.139. The van der Waals surface area contributed by atoms with Gasteiger partial charge in [-0.2, -0.15) is 4.72 Å². The van der Waals surface area contributed by atoms with Gasteiger partial charge < -0.3 is 10.2 Å². The highest BCUT2D eigenvalue weighted by molar-refractivity contribution is 7.89. The van der Waals surface area contributed by atoms with Crippen LogP contribution in [0.4, 0.5) is 8.78 Å². The third-order valence-corrected chi connectivity index (χ3v) is 3.45. The Kier molecular flexibility index (Phi) is 4.33. The van der Waals surface area contributed by atoms with E-state index >= 15 is 0 Å². The maximum atomic E-state index is 12.9. The Labute approximate surface area is 101 Å². The number of sulfonamides is 1. The monoisotopic (exact) mass is 281 g/mol. The maximum absolute atomic E-state index is 12.9. The molecule has 0 aliphatic heterocycles. The molecule has 0 heterocycles. The Bertz CT molecular complexity index is 560. The number of benzene rings is 1. The predicted octanol–water partition coefficient (Wildman–Crippen LogP) is -0.311. The van der Waals surface area contributed by atoms with Gasteiger partial charge in [0.1, 0.15) is 6.04 Å². The summed E-state index contributed by atoms with van der Waals surface area (Å²) in [6.07, 6.45) is 0. The molecule has 0 aromatic heterocycles. The molecule has 0 saturated carbocycles. The molecule has 0 amide bonds. The summed E-state index contributed by atoms with van der Waals surface area (Å²) in [6, 6.07) is 0.0203. The van der Waals surface area contributed by atoms with E-state index in [-0.39, 0.29) is 0 Å². The fourth-order valence-corrected chi connectivity index (χ4v) is 2.26. The highest BCUT2D eigenvalue weighted by atomic mass is 32.2. The number of aliphatic hydroxyl groups excluding tert-OH is 1. The van der Waals surface area contributed by atoms with Gasteiger partial charge in [0.15, 0.2) is 11.6 Å². The number of aliphatic hydroxyl groups is 1. The van der Waals surface area contributed by atoms with Crippen LogP contribution in [0.25, 0.3) is 0 Å². The quantitative estimate of drug-likeness (QED) is 0.686. The molecule has 1 unspecified atom stereocenters. The number of hydrogen-bond acceptors (Lipinski definition) is 4. The zero-order chi connectivity index (χ0) is 13.9. The first-order valence-corrected chi connectivity index (χ1v) is 6.07. The largest absolute Gasteiger partial charge is 0.480 e. The average molecular weight is 281 g/mol. The molecule has 3 N–H and O–H groups in total. The molecule has 0 bridgehead atoms. The molecule has 1 rings (SSSR count). The number of carboxylic acids is 1. The standard InChI is InChI=1S/C9H9F2NO5S/c10-6-2-1-5(3-7(6)11)18(16,17)12-8(4-13)9(14)15/h1-3,8,12-13H,4H2,(H,14,15). The first-order chi connectivity index (χ1) is 8.27. The van der Waals surface area contributed by atoms with Crippen molar-refractivity contribution in [1.82, 2.24) is 4.72 Å². The lowest BCUT2D eigenvalue weighted by Gasteiger charge is -2.12. The van der Waals surface area contributed by atoms with Crippen molar-refractivity contribution in [3.05, 3.63) is 29.8 Å². The van der Waals surface area contributed by atoms with E-state index in [2.05, 4.69) is 0 Å². The van der Waals surface area contributed by atoms with Gasteiger partial charge in [-0.3, -0.25) is 4.79 Å². The maximum Gasteiger partial charge on any atom is 0.324 e. The van der Waals surface area contributed by atoms with Gasteiger partial charge in [-0.05, 0) is 18.2 Å². The minimum Gasteiger partial charge on any atom is -0.480 e. The van der Waals surface area contributed by atoms with Crippen molar-refractivity contribution >= 4 is 16.0 Å². The molecule has 1 aromatic carbocycles. The van der Waals surface area contributed by atoms with E-state index in [0.717, 1.165) is 6.07 Å². The van der Waals surface area contributed by atoms with Crippen LogP contribution in [-0.2, 0) is 14.8 Å². The minimum absolute atomic E-state index is 0.411. The van der Waals surface area contributed by atoms with E-state index in [4.69, 9.17) is 10.2 Å². The zero-order valence-electron chi connectivity index (χ0n) is 8.80. The molecule has 0 saturated heterocycles. The first-order valence-electron chi connectivity index (χ1n) is 4.59. The molecule has 0 radical (unpaired) electrons. The van der Waals surface area contributed by atoms with Gasteiger partial charge >= 0.3 is 5.97 Å². The van der Waals surface area contributed by atoms with Crippen LogP contribution in [0.2, 0.25) is 0 Å². The van der Waals surface area contributed by atoms with Gasteiger partial charge in [-0.15, -0.1) is 0 Å². The van der Waals surface area contributed by atoms with Crippen molar-refractivity contribution in [2.24, 2.45) is 0 Å². The molecule has 18 heavy (non-hydrogen) atoms. The minimum atomic E-state index is -4.35. The Hall–Kier alpha value is -1.58. The van der Waals surface area contributed by atoms with Gasteiger partial charge in [-0.25, -0.2) is 17.2 Å². The van der Waals surface area contributed by atoms with Crippen molar-refractivity contribution in [2.45, 2.75) is 10.9 Å². The molecule has 1 aromatic rings. The third kappa shape index (κ3) is 3.22. The Morgan fingerprint density at radius 2 is 1.94 bits per heavy atom. The highest BCUT2D eigenvalue weighted by Crippen LogP contribution is 2.14. The van der Waals surface area contributed by atoms with Crippen LogP contribution in [0.1, 0.15) is 0 Å². The van der Waals surface area contributed by atoms with Gasteiger partial charge in [0, 0.05) is 0 Å². The number of nitrogens with one attached hydrogen (secondary N) is 1. The second kappa shape index (κ2) is 5.38. The van der Waals surface area contributed by atoms with Crippen LogP contribution in [0, 0.1) is 11.6 Å². The molecule has 1 atom stereocenters. The molecule has 0 fully saturated rings. The summed E-state index contributed by atoms with van der Waals surface area (Å²) in [5.74, 6) is -4.21. The van der Waals surface area contributed by atoms with Crippen molar-refractivity contribution in [3.8, 4) is 0 Å². The van der Waals surface area contributed by atoms with Crippen LogP contribution in [0.15, 0.2) is 23.1 Å². The van der Waals surface area contributed by atoms with Crippen LogP contribution in [-0.4, -0.2) is 37.2 Å². The zero-order valence-corrected chi connectivity index (χ0v) is 9.62. The van der Waals surface area contributed by atoms with E-state index in [1.54, 1.807) is 4.72 Å². The number of halogens is 2. The topological polar surface area (TPSA) is 104 Å². The summed E-state index contributed by atoms with van der Waals surface area (Å²) >= 11 is 0. The first kappa shape index (κ1) is 14.5. The lowest BCUT2D eigenvalue weighted by Crippen LogP contribution is -2.43. The number of aliphatic carboxylic acids is 1. The SMILES string of the molecule is O=C(O)C(CO)NS(=O)(=O)c1ccc(F)c(F)c1. The van der Waals surface area contributed by atoms with Gasteiger partial charge in [0.2, 0.25) is 10.0 Å². The van der Waals surface area contributed by atoms with Crippen molar-refractivity contribution in [1.29, 1.82) is 0 Å². The molecular weight excluding hydrogens is 272 g/mol. The molecule has 0 spiro atoms. The van der Waals surface area contributed by atoms with E-state index in [9.17, 15) is 22.0 Å². The van der Waals surface area contributed by atoms with Crippen molar-refractivity contribution in [2.75, 3.05) is 6.61 Å². The summed E-state index contributed by atoms with van der Waals surface area (Å²) in [5, 5.41) is 17.2. The highest BCUT2D eigenvalue weighted by Gasteiger charge is 2.25. The van der Waals surface area contributed by atoms with Crippen LogP contribution in [0.5, 0.6) is 0 Å². The van der Waals surface area contributed by atoms with E-state index in [1.807, 2.05) is 0 Å². The smallest absolute Gasteiger partial charge is 0.324 e. The Morgan fingerprint density at radius 3 is 2.39 bits per heavy atom. The van der Waals surface area contributed by atoms with Crippen molar-refractivity contribution < 1.29 is 32.2 Å². The number of carbonyl (C=O) groups is 1. The summed E-state index contributed by atoms with van der Waals surface area (Å²) < 4.78 is 50.3. The van der Waals surface area contributed by atoms with Gasteiger partial charge in [-0.1, -0.05) is 0 Å². The third-order valence-electron chi connectivity index (χ3n) is 1.98. The summed E-state index contributed by atoms with van der Waals surface area (Å²) in [5.41, 5.74) is 0. The Balaban J connectivity index is 3.06. The van der Waals surface area contributed by atoms with Crippen LogP contribution in [0.3, 0.4) is 0 Å². The van der Waals surface area contributed by atoms with Crippen LogP contribution < -0.4 is 4.72 Å². The van der Waals surface area contributed by atoms with E-state index < -0.39 is 45.2 Å². The van der Waals surface area contributed by atoms with E-state index in [0.29, 0.717) is 12.1 Å². The number of carboxylic acid groups (broad SMARTS) is 1. The van der Waals surface area contributed by atoms with Crippen molar-refractivity contribution in [3.63, 3.8) is 0 Å². The summed E-state index contributed by atoms with van der Waals surface area (Å²) in [4.78, 5) is 9.90. The number of hydrogen-bond donors (Lipinski definition) is 3. The fourth-order valence-electron chi connectivity index (χ4n) is 1.07. The second-order valence-corrected chi connectivity index (χ2v) is 4.98. The number of rotatable bonds is 5. The Morgan fingerprint density at radius 1 is 1.33 bits per heavy atom. The van der Waals surface area contributed by atoms with Gasteiger partial charge in [0.05, 0.1) is 11.5 Å². The average Bonchev–Trinajstić information content (AvgIpc) is 2.29. The predicted molar refractivity (Wildman–Crippen MR) is 55.2 cm³/mol. The van der Waals surface area contributed by atoms with Crippen LogP contribution >= 0.6 is 0 Å². The molecule has 9 heteroatoms. The summed E-state index contributed by atoms with van der Waals surface area (Å²) in [6.45, 7) is -0.974. The molecule has 6 nitrogen and oxygen atoms in total. The van der Waals surface area contributed by atoms with E-state index in [1.165, 1.54) is 0 Å².